The zero-order chi connectivity index (χ0) is 15.4. The molecule has 0 bridgehead atoms. The van der Waals surface area contributed by atoms with Gasteiger partial charge in [-0.3, -0.25) is 4.79 Å². The first-order valence-corrected chi connectivity index (χ1v) is 8.81. The van der Waals surface area contributed by atoms with Crippen molar-refractivity contribution >= 4 is 39.2 Å². The number of hydrogen-bond donors (Lipinski definition) is 1. The molecule has 112 valence electrons. The highest BCUT2D eigenvalue weighted by atomic mass is 32.2. The zero-order valence-corrected chi connectivity index (χ0v) is 13.8. The van der Waals surface area contributed by atoms with Gasteiger partial charge in [-0.2, -0.15) is 0 Å². The Kier molecular flexibility index (Phi) is 4.75. The predicted octanol–water partition coefficient (Wildman–Crippen LogP) is 4.01. The Hall–Kier alpha value is -1.85. The minimum atomic E-state index is 0.0323. The summed E-state index contributed by atoms with van der Waals surface area (Å²) in [5.41, 5.74) is 3.33. The van der Waals surface area contributed by atoms with Crippen LogP contribution in [0.1, 0.15) is 11.1 Å². The number of nitrogens with zero attached hydrogens (tertiary/aromatic N) is 1. The molecule has 0 saturated heterocycles. The first kappa shape index (κ1) is 15.1. The molecule has 1 aromatic heterocycles. The lowest BCUT2D eigenvalue weighted by molar-refractivity contribution is -0.118. The molecule has 0 unspecified atom stereocenters. The Morgan fingerprint density at radius 1 is 1.18 bits per heavy atom. The molecule has 0 atom stereocenters. The van der Waals surface area contributed by atoms with Crippen molar-refractivity contribution in [2.45, 2.75) is 17.8 Å². The number of benzene rings is 2. The van der Waals surface area contributed by atoms with Crippen LogP contribution in [0.15, 0.2) is 52.9 Å². The highest BCUT2D eigenvalue weighted by molar-refractivity contribution is 8.01. The van der Waals surface area contributed by atoms with E-state index in [0.717, 1.165) is 20.1 Å². The molecule has 5 heteroatoms. The maximum atomic E-state index is 11.9. The molecule has 0 aliphatic rings. The molecule has 3 nitrogen and oxygen atoms in total. The van der Waals surface area contributed by atoms with Crippen LogP contribution in [0.3, 0.4) is 0 Å². The van der Waals surface area contributed by atoms with Crippen molar-refractivity contribution in [2.24, 2.45) is 0 Å². The SMILES string of the molecule is Cc1ccc(CNC(=O)CSc2nc3ccccc3s2)cc1. The van der Waals surface area contributed by atoms with Gasteiger partial charge in [-0.1, -0.05) is 53.7 Å². The zero-order valence-electron chi connectivity index (χ0n) is 12.2. The fraction of sp³-hybridized carbons (Fsp3) is 0.176. The van der Waals surface area contributed by atoms with Crippen molar-refractivity contribution < 1.29 is 4.79 Å². The lowest BCUT2D eigenvalue weighted by Gasteiger charge is -2.04. The number of carbonyl (C=O) groups is 1. The normalized spacial score (nSPS) is 10.8. The molecule has 0 radical (unpaired) electrons. The smallest absolute Gasteiger partial charge is 0.230 e. The van der Waals surface area contributed by atoms with E-state index in [1.807, 2.05) is 30.3 Å². The monoisotopic (exact) mass is 328 g/mol. The first-order chi connectivity index (χ1) is 10.7. The summed E-state index contributed by atoms with van der Waals surface area (Å²) >= 11 is 3.11. The van der Waals surface area contributed by atoms with Crippen molar-refractivity contribution in [1.82, 2.24) is 10.3 Å². The summed E-state index contributed by atoms with van der Waals surface area (Å²) in [6.45, 7) is 2.62. The summed E-state index contributed by atoms with van der Waals surface area (Å²) in [7, 11) is 0. The average molecular weight is 328 g/mol. The van der Waals surface area contributed by atoms with Crippen molar-refractivity contribution in [3.05, 3.63) is 59.7 Å². The maximum Gasteiger partial charge on any atom is 0.230 e. The molecule has 0 spiro atoms. The quantitative estimate of drug-likeness (QED) is 0.720. The van der Waals surface area contributed by atoms with Crippen LogP contribution < -0.4 is 5.32 Å². The van der Waals surface area contributed by atoms with Crippen LogP contribution in [-0.4, -0.2) is 16.6 Å². The van der Waals surface area contributed by atoms with E-state index < -0.39 is 0 Å². The number of amides is 1. The van der Waals surface area contributed by atoms with Crippen LogP contribution in [0.4, 0.5) is 0 Å². The second-order valence-corrected chi connectivity index (χ2v) is 7.25. The molecule has 0 aliphatic heterocycles. The average Bonchev–Trinajstić information content (AvgIpc) is 2.95. The predicted molar refractivity (Wildman–Crippen MR) is 93.4 cm³/mol. The van der Waals surface area contributed by atoms with Gasteiger partial charge in [0.2, 0.25) is 5.91 Å². The Balaban J connectivity index is 1.50. The van der Waals surface area contributed by atoms with E-state index in [9.17, 15) is 4.79 Å². The molecule has 1 amide bonds. The van der Waals surface area contributed by atoms with E-state index in [1.54, 1.807) is 11.3 Å². The number of rotatable bonds is 5. The fourth-order valence-corrected chi connectivity index (χ4v) is 3.90. The molecule has 0 fully saturated rings. The summed E-state index contributed by atoms with van der Waals surface area (Å²) in [4.78, 5) is 16.4. The number of nitrogens with one attached hydrogen (secondary N) is 1. The van der Waals surface area contributed by atoms with Crippen molar-refractivity contribution in [3.8, 4) is 0 Å². The van der Waals surface area contributed by atoms with Crippen LogP contribution in [-0.2, 0) is 11.3 Å². The van der Waals surface area contributed by atoms with E-state index in [1.165, 1.54) is 17.3 Å². The Morgan fingerprint density at radius 2 is 1.95 bits per heavy atom. The third-order valence-corrected chi connectivity index (χ3v) is 5.39. The van der Waals surface area contributed by atoms with Gasteiger partial charge < -0.3 is 5.32 Å². The van der Waals surface area contributed by atoms with E-state index in [4.69, 9.17) is 0 Å². The van der Waals surface area contributed by atoms with E-state index in [2.05, 4.69) is 35.4 Å². The highest BCUT2D eigenvalue weighted by Crippen LogP contribution is 2.28. The van der Waals surface area contributed by atoms with E-state index in [-0.39, 0.29) is 5.91 Å². The number of fused-ring (bicyclic) bond motifs is 1. The lowest BCUT2D eigenvalue weighted by atomic mass is 10.1. The third kappa shape index (κ3) is 3.87. The van der Waals surface area contributed by atoms with Crippen molar-refractivity contribution in [2.75, 3.05) is 5.75 Å². The molecule has 3 aromatic rings. The largest absolute Gasteiger partial charge is 0.351 e. The van der Waals surface area contributed by atoms with Crippen LogP contribution in [0.5, 0.6) is 0 Å². The van der Waals surface area contributed by atoms with Crippen molar-refractivity contribution in [3.63, 3.8) is 0 Å². The first-order valence-electron chi connectivity index (χ1n) is 7.01. The van der Waals surface area contributed by atoms with Gasteiger partial charge in [-0.15, -0.1) is 11.3 Å². The lowest BCUT2D eigenvalue weighted by Crippen LogP contribution is -2.24. The fourth-order valence-electron chi connectivity index (χ4n) is 2.00. The van der Waals surface area contributed by atoms with E-state index in [0.29, 0.717) is 12.3 Å². The standard InChI is InChI=1S/C17H16N2OS2/c1-12-6-8-13(9-7-12)10-18-16(20)11-21-17-19-14-4-2-3-5-15(14)22-17/h2-9H,10-11H2,1H3,(H,18,20). The molecule has 2 aromatic carbocycles. The van der Waals surface area contributed by atoms with Gasteiger partial charge >= 0.3 is 0 Å². The third-order valence-electron chi connectivity index (χ3n) is 3.21. The molecule has 0 saturated carbocycles. The van der Waals surface area contributed by atoms with Gasteiger partial charge in [0, 0.05) is 6.54 Å². The van der Waals surface area contributed by atoms with Crippen molar-refractivity contribution in [1.29, 1.82) is 0 Å². The topological polar surface area (TPSA) is 42.0 Å². The minimum Gasteiger partial charge on any atom is -0.351 e. The number of hydrogen-bond acceptors (Lipinski definition) is 4. The van der Waals surface area contributed by atoms with Crippen LogP contribution in [0.2, 0.25) is 0 Å². The van der Waals surface area contributed by atoms with Gasteiger partial charge in [0.25, 0.3) is 0 Å². The van der Waals surface area contributed by atoms with E-state index >= 15 is 0 Å². The summed E-state index contributed by atoms with van der Waals surface area (Å²) in [6.07, 6.45) is 0. The summed E-state index contributed by atoms with van der Waals surface area (Å²) < 4.78 is 2.09. The Labute approximate surface area is 137 Å². The number of carbonyl (C=O) groups excluding carboxylic acids is 1. The molecule has 0 aliphatic carbocycles. The minimum absolute atomic E-state index is 0.0323. The number of thiazole rings is 1. The molecule has 1 N–H and O–H groups in total. The van der Waals surface area contributed by atoms with Gasteiger partial charge in [0.05, 0.1) is 16.0 Å². The number of para-hydroxylation sites is 1. The summed E-state index contributed by atoms with van der Waals surface area (Å²) in [6, 6.07) is 16.2. The molecule has 22 heavy (non-hydrogen) atoms. The van der Waals surface area contributed by atoms with Crippen LogP contribution >= 0.6 is 23.1 Å². The molecular formula is C17H16N2OS2. The molecule has 3 rings (SSSR count). The number of thioether (sulfide) groups is 1. The number of aryl methyl sites for hydroxylation is 1. The Bertz CT molecular complexity index is 748. The maximum absolute atomic E-state index is 11.9. The van der Waals surface area contributed by atoms with Crippen LogP contribution in [0.25, 0.3) is 10.2 Å². The van der Waals surface area contributed by atoms with Crippen LogP contribution in [0, 0.1) is 6.92 Å². The highest BCUT2D eigenvalue weighted by Gasteiger charge is 2.07. The Morgan fingerprint density at radius 3 is 2.73 bits per heavy atom. The van der Waals surface area contributed by atoms with Gasteiger partial charge in [-0.05, 0) is 24.6 Å². The second kappa shape index (κ2) is 6.94. The summed E-state index contributed by atoms with van der Waals surface area (Å²) in [5.74, 6) is 0.427. The summed E-state index contributed by atoms with van der Waals surface area (Å²) in [5, 5.41) is 2.94. The van der Waals surface area contributed by atoms with Gasteiger partial charge in [-0.25, -0.2) is 4.98 Å². The molecular weight excluding hydrogens is 312 g/mol. The van der Waals surface area contributed by atoms with Gasteiger partial charge in [0.1, 0.15) is 0 Å². The molecule has 1 heterocycles. The number of aromatic nitrogens is 1. The second-order valence-electron chi connectivity index (χ2n) is 5.00. The van der Waals surface area contributed by atoms with Gasteiger partial charge in [0.15, 0.2) is 4.34 Å².